The van der Waals surface area contributed by atoms with E-state index in [1.165, 1.54) is 0 Å². The summed E-state index contributed by atoms with van der Waals surface area (Å²) in [5, 5.41) is 4.68. The number of aryl methyl sites for hydroxylation is 2. The first kappa shape index (κ1) is 16.2. The van der Waals surface area contributed by atoms with Crippen molar-refractivity contribution in [2.24, 2.45) is 0 Å². The lowest BCUT2D eigenvalue weighted by atomic mass is 10.1. The van der Waals surface area contributed by atoms with Gasteiger partial charge in [-0.1, -0.05) is 43.7 Å². The molecule has 3 aromatic rings. The lowest BCUT2D eigenvalue weighted by Gasteiger charge is -2.12. The molecule has 0 saturated carbocycles. The predicted molar refractivity (Wildman–Crippen MR) is 95.2 cm³/mol. The Balaban J connectivity index is 2.30. The molecule has 0 saturated heterocycles. The summed E-state index contributed by atoms with van der Waals surface area (Å²) in [6.07, 6.45) is 1.83. The van der Waals surface area contributed by atoms with Gasteiger partial charge in [0.1, 0.15) is 5.69 Å². The molecule has 0 unspecified atom stereocenters. The van der Waals surface area contributed by atoms with E-state index in [1.54, 1.807) is 19.0 Å². The number of carbonyl (C=O) groups excluding carboxylic acids is 1. The highest BCUT2D eigenvalue weighted by molar-refractivity contribution is 5.93. The van der Waals surface area contributed by atoms with Crippen molar-refractivity contribution in [2.45, 2.75) is 26.7 Å². The molecular formula is C19H22N4O. The topological polar surface area (TPSA) is 50.5 Å². The Morgan fingerprint density at radius 2 is 1.92 bits per heavy atom. The van der Waals surface area contributed by atoms with Gasteiger partial charge < -0.3 is 4.90 Å². The van der Waals surface area contributed by atoms with Crippen LogP contribution in [-0.4, -0.2) is 39.5 Å². The van der Waals surface area contributed by atoms with E-state index in [4.69, 9.17) is 0 Å². The molecule has 5 nitrogen and oxygen atoms in total. The highest BCUT2D eigenvalue weighted by Crippen LogP contribution is 2.28. The Morgan fingerprint density at radius 3 is 2.54 bits per heavy atom. The molecule has 0 aliphatic carbocycles. The Kier molecular flexibility index (Phi) is 4.34. The standard InChI is InChI=1S/C19H22N4O/c1-5-9-15-12-16(19(24)22(3)4)20-18-17(13(2)21-23(15)18)14-10-7-6-8-11-14/h6-8,10-12H,5,9H2,1-4H3. The van der Waals surface area contributed by atoms with Gasteiger partial charge in [0.2, 0.25) is 0 Å². The number of amides is 1. The van der Waals surface area contributed by atoms with Crippen molar-refractivity contribution < 1.29 is 4.79 Å². The SMILES string of the molecule is CCCc1cc(C(=O)N(C)C)nc2c(-c3ccccc3)c(C)nn12. The van der Waals surface area contributed by atoms with Crippen LogP contribution in [0.4, 0.5) is 0 Å². The maximum absolute atomic E-state index is 12.4. The van der Waals surface area contributed by atoms with Crippen LogP contribution < -0.4 is 0 Å². The summed E-state index contributed by atoms with van der Waals surface area (Å²) in [6.45, 7) is 4.11. The predicted octanol–water partition coefficient (Wildman–Crippen LogP) is 3.36. The molecular weight excluding hydrogens is 300 g/mol. The summed E-state index contributed by atoms with van der Waals surface area (Å²) in [5.41, 5.74) is 5.19. The fourth-order valence-electron chi connectivity index (χ4n) is 2.90. The van der Waals surface area contributed by atoms with E-state index in [1.807, 2.05) is 47.8 Å². The summed E-state index contributed by atoms with van der Waals surface area (Å²) < 4.78 is 1.88. The zero-order chi connectivity index (χ0) is 17.3. The lowest BCUT2D eigenvalue weighted by molar-refractivity contribution is 0.0822. The van der Waals surface area contributed by atoms with Gasteiger partial charge in [-0.2, -0.15) is 5.10 Å². The fourth-order valence-corrected chi connectivity index (χ4v) is 2.90. The number of carbonyl (C=O) groups is 1. The summed E-state index contributed by atoms with van der Waals surface area (Å²) in [6, 6.07) is 11.9. The summed E-state index contributed by atoms with van der Waals surface area (Å²) >= 11 is 0. The Morgan fingerprint density at radius 1 is 1.21 bits per heavy atom. The molecule has 0 aliphatic heterocycles. The van der Waals surface area contributed by atoms with Crippen molar-refractivity contribution >= 4 is 11.6 Å². The lowest BCUT2D eigenvalue weighted by Crippen LogP contribution is -2.23. The third kappa shape index (κ3) is 2.77. The molecule has 0 spiro atoms. The Bertz CT molecular complexity index is 881. The van der Waals surface area contributed by atoms with Crippen molar-refractivity contribution in [3.63, 3.8) is 0 Å². The molecule has 0 aliphatic rings. The molecule has 0 bridgehead atoms. The van der Waals surface area contributed by atoms with E-state index in [-0.39, 0.29) is 5.91 Å². The van der Waals surface area contributed by atoms with Crippen LogP contribution in [0.2, 0.25) is 0 Å². The number of fused-ring (bicyclic) bond motifs is 1. The van der Waals surface area contributed by atoms with Crippen LogP contribution in [0.3, 0.4) is 0 Å². The molecule has 0 N–H and O–H groups in total. The molecule has 0 radical (unpaired) electrons. The first-order chi connectivity index (χ1) is 11.5. The van der Waals surface area contributed by atoms with Crippen molar-refractivity contribution in [1.82, 2.24) is 19.5 Å². The number of rotatable bonds is 4. The molecule has 124 valence electrons. The fraction of sp³-hybridized carbons (Fsp3) is 0.316. The second-order valence-corrected chi connectivity index (χ2v) is 6.14. The Hall–Kier alpha value is -2.69. The van der Waals surface area contributed by atoms with Gasteiger partial charge in [-0.25, -0.2) is 9.50 Å². The third-order valence-corrected chi connectivity index (χ3v) is 4.03. The van der Waals surface area contributed by atoms with Gasteiger partial charge in [0.25, 0.3) is 5.91 Å². The maximum atomic E-state index is 12.4. The second-order valence-electron chi connectivity index (χ2n) is 6.14. The van der Waals surface area contributed by atoms with Crippen molar-refractivity contribution in [3.05, 3.63) is 53.5 Å². The molecule has 0 fully saturated rings. The summed E-state index contributed by atoms with van der Waals surface area (Å²) in [4.78, 5) is 18.6. The van der Waals surface area contributed by atoms with Gasteiger partial charge in [0.15, 0.2) is 5.65 Å². The van der Waals surface area contributed by atoms with E-state index < -0.39 is 0 Å². The minimum Gasteiger partial charge on any atom is -0.343 e. The van der Waals surface area contributed by atoms with Crippen LogP contribution in [0.15, 0.2) is 36.4 Å². The van der Waals surface area contributed by atoms with E-state index in [9.17, 15) is 4.79 Å². The van der Waals surface area contributed by atoms with E-state index >= 15 is 0 Å². The second kappa shape index (κ2) is 6.43. The van der Waals surface area contributed by atoms with E-state index in [0.29, 0.717) is 5.69 Å². The van der Waals surface area contributed by atoms with Gasteiger partial charge in [-0.3, -0.25) is 4.79 Å². The van der Waals surface area contributed by atoms with E-state index in [2.05, 4.69) is 17.0 Å². The van der Waals surface area contributed by atoms with Crippen molar-refractivity contribution in [3.8, 4) is 11.1 Å². The number of nitrogens with zero attached hydrogens (tertiary/aromatic N) is 4. The van der Waals surface area contributed by atoms with Gasteiger partial charge in [0, 0.05) is 25.4 Å². The largest absolute Gasteiger partial charge is 0.343 e. The highest BCUT2D eigenvalue weighted by atomic mass is 16.2. The Labute approximate surface area is 141 Å². The highest BCUT2D eigenvalue weighted by Gasteiger charge is 2.19. The third-order valence-electron chi connectivity index (χ3n) is 4.03. The molecule has 5 heteroatoms. The van der Waals surface area contributed by atoms with Crippen molar-refractivity contribution in [1.29, 1.82) is 0 Å². The van der Waals surface area contributed by atoms with Crippen LogP contribution in [0.1, 0.15) is 35.2 Å². The minimum atomic E-state index is -0.0901. The molecule has 2 aromatic heterocycles. The average molecular weight is 322 g/mol. The first-order valence-corrected chi connectivity index (χ1v) is 8.19. The van der Waals surface area contributed by atoms with Crippen LogP contribution in [0.25, 0.3) is 16.8 Å². The van der Waals surface area contributed by atoms with Gasteiger partial charge in [0.05, 0.1) is 5.69 Å². The minimum absolute atomic E-state index is 0.0901. The molecule has 2 heterocycles. The molecule has 1 aromatic carbocycles. The van der Waals surface area contributed by atoms with Crippen molar-refractivity contribution in [2.75, 3.05) is 14.1 Å². The van der Waals surface area contributed by atoms with Gasteiger partial charge in [-0.15, -0.1) is 0 Å². The van der Waals surface area contributed by atoms with Gasteiger partial charge in [-0.05, 0) is 25.0 Å². The average Bonchev–Trinajstić information content (AvgIpc) is 2.91. The molecule has 0 atom stereocenters. The molecule has 1 amide bonds. The zero-order valence-corrected chi connectivity index (χ0v) is 14.6. The van der Waals surface area contributed by atoms with E-state index in [0.717, 1.165) is 41.0 Å². The summed E-state index contributed by atoms with van der Waals surface area (Å²) in [5.74, 6) is -0.0901. The summed E-state index contributed by atoms with van der Waals surface area (Å²) in [7, 11) is 3.49. The number of aromatic nitrogens is 3. The monoisotopic (exact) mass is 322 g/mol. The van der Waals surface area contributed by atoms with Crippen LogP contribution >= 0.6 is 0 Å². The van der Waals surface area contributed by atoms with Crippen LogP contribution in [0.5, 0.6) is 0 Å². The van der Waals surface area contributed by atoms with Crippen LogP contribution in [0, 0.1) is 6.92 Å². The smallest absolute Gasteiger partial charge is 0.272 e. The number of hydrogen-bond acceptors (Lipinski definition) is 3. The zero-order valence-electron chi connectivity index (χ0n) is 14.6. The first-order valence-electron chi connectivity index (χ1n) is 8.19. The normalized spacial score (nSPS) is 11.0. The number of hydrogen-bond donors (Lipinski definition) is 0. The van der Waals surface area contributed by atoms with Crippen LogP contribution in [-0.2, 0) is 6.42 Å². The maximum Gasteiger partial charge on any atom is 0.272 e. The number of benzene rings is 1. The quantitative estimate of drug-likeness (QED) is 0.740. The molecule has 3 rings (SSSR count). The molecule has 24 heavy (non-hydrogen) atoms. The van der Waals surface area contributed by atoms with Gasteiger partial charge >= 0.3 is 0 Å².